The molecule has 0 saturated heterocycles. The van der Waals surface area contributed by atoms with E-state index in [9.17, 15) is 0 Å². The van der Waals surface area contributed by atoms with Gasteiger partial charge in [-0.15, -0.1) is 0 Å². The highest BCUT2D eigenvalue weighted by Gasteiger charge is 2.08. The number of nitrogens with two attached hydrogens (primary N) is 2. The molecule has 4 aromatic rings. The number of aromatic nitrogens is 3. The highest BCUT2D eigenvalue weighted by atomic mass is 16.5. The van der Waals surface area contributed by atoms with Crippen LogP contribution in [0.2, 0.25) is 0 Å². The van der Waals surface area contributed by atoms with Gasteiger partial charge < -0.3 is 21.5 Å². The molecule has 0 aliphatic heterocycles. The van der Waals surface area contributed by atoms with Crippen molar-refractivity contribution < 1.29 is 4.74 Å². The van der Waals surface area contributed by atoms with Gasteiger partial charge in [-0.1, -0.05) is 18.2 Å². The topological polar surface area (TPSA) is 136 Å². The van der Waals surface area contributed by atoms with Gasteiger partial charge in [0.05, 0.1) is 5.69 Å². The predicted octanol–water partition coefficient (Wildman–Crippen LogP) is 4.11. The zero-order chi connectivity index (χ0) is 20.9. The zero-order valence-electron chi connectivity index (χ0n) is 15.8. The van der Waals surface area contributed by atoms with Crippen LogP contribution in [0.15, 0.2) is 72.9 Å². The molecular formula is C22H17N7O. The Hall–Kier alpha value is -4.64. The predicted molar refractivity (Wildman–Crippen MR) is 115 cm³/mol. The van der Waals surface area contributed by atoms with Crippen molar-refractivity contribution in [2.45, 2.75) is 0 Å². The number of hydrogen-bond donors (Lipinski definition) is 3. The Kier molecular flexibility index (Phi) is 5.09. The van der Waals surface area contributed by atoms with Gasteiger partial charge in [0.15, 0.2) is 0 Å². The Bertz CT molecular complexity index is 1230. The Balaban J connectivity index is 1.52. The highest BCUT2D eigenvalue weighted by molar-refractivity contribution is 5.76. The van der Waals surface area contributed by atoms with E-state index >= 15 is 0 Å². The summed E-state index contributed by atoms with van der Waals surface area (Å²) in [6, 6.07) is 21.8. The highest BCUT2D eigenvalue weighted by Crippen LogP contribution is 2.28. The second kappa shape index (κ2) is 8.16. The minimum absolute atomic E-state index is 0.143. The Labute approximate surface area is 172 Å². The van der Waals surface area contributed by atoms with Crippen LogP contribution in [0.1, 0.15) is 5.69 Å². The van der Waals surface area contributed by atoms with Crippen LogP contribution < -0.4 is 21.5 Å². The fraction of sp³-hybridized carbons (Fsp3) is 0. The first kappa shape index (κ1) is 18.7. The lowest BCUT2D eigenvalue weighted by Crippen LogP contribution is -2.02. The van der Waals surface area contributed by atoms with E-state index in [0.717, 1.165) is 11.3 Å². The number of hydrogen-bond acceptors (Lipinski definition) is 8. The van der Waals surface area contributed by atoms with Crippen molar-refractivity contribution in [3.8, 4) is 28.8 Å². The molecule has 5 N–H and O–H groups in total. The fourth-order valence-corrected chi connectivity index (χ4v) is 2.82. The van der Waals surface area contributed by atoms with Gasteiger partial charge in [0, 0.05) is 35.3 Å². The maximum Gasteiger partial charge on any atom is 0.222 e. The average molecular weight is 395 g/mol. The van der Waals surface area contributed by atoms with Gasteiger partial charge in [0.1, 0.15) is 29.1 Å². The van der Waals surface area contributed by atoms with Crippen molar-refractivity contribution in [2.24, 2.45) is 0 Å². The van der Waals surface area contributed by atoms with Crippen LogP contribution in [-0.4, -0.2) is 15.0 Å². The molecule has 8 nitrogen and oxygen atoms in total. The van der Waals surface area contributed by atoms with Crippen molar-refractivity contribution >= 4 is 23.1 Å². The molecule has 2 aromatic carbocycles. The molecule has 2 aromatic heterocycles. The number of rotatable bonds is 5. The summed E-state index contributed by atoms with van der Waals surface area (Å²) in [7, 11) is 0. The largest absolute Gasteiger partial charge is 0.457 e. The third-order valence-corrected chi connectivity index (χ3v) is 4.19. The average Bonchev–Trinajstić information content (AvgIpc) is 2.75. The third-order valence-electron chi connectivity index (χ3n) is 4.19. The van der Waals surface area contributed by atoms with E-state index in [0.29, 0.717) is 34.4 Å². The van der Waals surface area contributed by atoms with Gasteiger partial charge in [0.25, 0.3) is 0 Å². The second-order valence-corrected chi connectivity index (χ2v) is 6.32. The Morgan fingerprint density at radius 1 is 0.900 bits per heavy atom. The van der Waals surface area contributed by atoms with E-state index in [1.165, 1.54) is 6.20 Å². The number of benzene rings is 2. The molecule has 0 aliphatic carbocycles. The van der Waals surface area contributed by atoms with Gasteiger partial charge in [0.2, 0.25) is 5.95 Å². The van der Waals surface area contributed by atoms with Gasteiger partial charge in [-0.25, -0.2) is 9.97 Å². The lowest BCUT2D eigenvalue weighted by molar-refractivity contribution is 0.482. The summed E-state index contributed by atoms with van der Waals surface area (Å²) in [5.41, 5.74) is 15.0. The fourth-order valence-electron chi connectivity index (χ4n) is 2.82. The Morgan fingerprint density at radius 3 is 2.47 bits per heavy atom. The summed E-state index contributed by atoms with van der Waals surface area (Å²) < 4.78 is 5.76. The van der Waals surface area contributed by atoms with Crippen LogP contribution in [0, 0.1) is 11.3 Å². The van der Waals surface area contributed by atoms with Crippen LogP contribution in [0.25, 0.3) is 11.3 Å². The van der Waals surface area contributed by atoms with Crippen molar-refractivity contribution in [3.63, 3.8) is 0 Å². The number of ether oxygens (including phenoxy) is 1. The minimum atomic E-state index is 0.143. The molecule has 0 saturated carbocycles. The number of nitrogens with one attached hydrogen (secondary N) is 1. The first-order valence-corrected chi connectivity index (χ1v) is 9.01. The van der Waals surface area contributed by atoms with E-state index in [1.54, 1.807) is 30.3 Å². The molecule has 0 bridgehead atoms. The smallest absolute Gasteiger partial charge is 0.222 e. The lowest BCUT2D eigenvalue weighted by atomic mass is 10.1. The van der Waals surface area contributed by atoms with Crippen LogP contribution >= 0.6 is 0 Å². The SMILES string of the molecule is N#Cc1cc(Oc2ccc(Nc3cc(-c4ccccc4N)nc(N)n3)cc2)ccn1. The van der Waals surface area contributed by atoms with Crippen LogP contribution in [0.3, 0.4) is 0 Å². The van der Waals surface area contributed by atoms with Crippen LogP contribution in [0.5, 0.6) is 11.5 Å². The maximum absolute atomic E-state index is 8.93. The molecule has 0 aliphatic rings. The molecule has 4 rings (SSSR count). The van der Waals surface area contributed by atoms with Crippen LogP contribution in [0.4, 0.5) is 23.1 Å². The zero-order valence-corrected chi connectivity index (χ0v) is 15.8. The molecule has 0 unspecified atom stereocenters. The van der Waals surface area contributed by atoms with Crippen LogP contribution in [-0.2, 0) is 0 Å². The second-order valence-electron chi connectivity index (χ2n) is 6.32. The normalized spacial score (nSPS) is 10.2. The number of para-hydroxylation sites is 1. The number of nitrogen functional groups attached to an aromatic ring is 2. The molecule has 0 atom stereocenters. The molecule has 0 spiro atoms. The van der Waals surface area contributed by atoms with E-state index in [2.05, 4.69) is 20.3 Å². The van der Waals surface area contributed by atoms with E-state index < -0.39 is 0 Å². The molecular weight excluding hydrogens is 378 g/mol. The number of pyridine rings is 1. The van der Waals surface area contributed by atoms with Gasteiger partial charge in [-0.3, -0.25) is 0 Å². The summed E-state index contributed by atoms with van der Waals surface area (Å²) in [5, 5.41) is 12.1. The summed E-state index contributed by atoms with van der Waals surface area (Å²) in [6.07, 6.45) is 1.53. The molecule has 0 radical (unpaired) electrons. The molecule has 0 amide bonds. The molecule has 146 valence electrons. The number of anilines is 4. The van der Waals surface area contributed by atoms with Gasteiger partial charge in [-0.2, -0.15) is 10.2 Å². The third kappa shape index (κ3) is 4.26. The van der Waals surface area contributed by atoms with Crippen molar-refractivity contribution in [1.29, 1.82) is 5.26 Å². The summed E-state index contributed by atoms with van der Waals surface area (Å²) >= 11 is 0. The molecule has 30 heavy (non-hydrogen) atoms. The molecule has 8 heteroatoms. The van der Waals surface area contributed by atoms with Crippen molar-refractivity contribution in [3.05, 3.63) is 78.6 Å². The quantitative estimate of drug-likeness (QED) is 0.430. The van der Waals surface area contributed by atoms with E-state index in [4.69, 9.17) is 21.5 Å². The minimum Gasteiger partial charge on any atom is -0.457 e. The summed E-state index contributed by atoms with van der Waals surface area (Å²) in [6.45, 7) is 0. The van der Waals surface area contributed by atoms with Gasteiger partial charge in [-0.05, 0) is 36.4 Å². The lowest BCUT2D eigenvalue weighted by Gasteiger charge is -2.11. The van der Waals surface area contributed by atoms with Crippen molar-refractivity contribution in [2.75, 3.05) is 16.8 Å². The molecule has 2 heterocycles. The first-order chi connectivity index (χ1) is 14.6. The first-order valence-electron chi connectivity index (χ1n) is 9.01. The van der Waals surface area contributed by atoms with Crippen molar-refractivity contribution in [1.82, 2.24) is 15.0 Å². The van der Waals surface area contributed by atoms with E-state index in [-0.39, 0.29) is 5.95 Å². The monoisotopic (exact) mass is 395 g/mol. The molecule has 0 fully saturated rings. The maximum atomic E-state index is 8.93. The standard InChI is InChI=1S/C22H17N7O/c23-13-15-11-17(9-10-26-15)30-16-7-5-14(6-8-16)27-21-12-20(28-22(25)29-21)18-3-1-2-4-19(18)24/h1-12H,24H2,(H3,25,27,28,29). The Morgan fingerprint density at radius 2 is 1.70 bits per heavy atom. The number of nitriles is 1. The summed E-state index contributed by atoms with van der Waals surface area (Å²) in [5.74, 6) is 1.85. The van der Waals surface area contributed by atoms with Gasteiger partial charge >= 0.3 is 0 Å². The summed E-state index contributed by atoms with van der Waals surface area (Å²) in [4.78, 5) is 12.4. The van der Waals surface area contributed by atoms with E-state index in [1.807, 2.05) is 42.5 Å². The number of nitrogens with zero attached hydrogens (tertiary/aromatic N) is 4.